The summed E-state index contributed by atoms with van der Waals surface area (Å²) in [7, 11) is 0. The van der Waals surface area contributed by atoms with Gasteiger partial charge in [-0.05, 0) is 36.8 Å². The number of carbonyl (C=O) groups is 1. The summed E-state index contributed by atoms with van der Waals surface area (Å²) in [5.74, 6) is -0.804. The van der Waals surface area contributed by atoms with Crippen LogP contribution >= 0.6 is 0 Å². The van der Waals surface area contributed by atoms with E-state index in [0.29, 0.717) is 5.39 Å². The minimum absolute atomic E-state index is 0.177. The highest BCUT2D eigenvalue weighted by atomic mass is 19.1. The van der Waals surface area contributed by atoms with E-state index in [9.17, 15) is 9.18 Å². The molecule has 6 heteroatoms. The van der Waals surface area contributed by atoms with Crippen LogP contribution in [0.4, 0.5) is 4.39 Å². The van der Waals surface area contributed by atoms with Crippen molar-refractivity contribution in [1.82, 2.24) is 20.1 Å². The lowest BCUT2D eigenvalue weighted by atomic mass is 10.1. The summed E-state index contributed by atoms with van der Waals surface area (Å²) in [6.07, 6.45) is 3.55. The Morgan fingerprint density at radius 3 is 2.74 bits per heavy atom. The van der Waals surface area contributed by atoms with E-state index in [1.54, 1.807) is 35.1 Å². The number of nitrogens with one attached hydrogen (secondary N) is 1. The van der Waals surface area contributed by atoms with E-state index < -0.39 is 5.82 Å². The molecule has 0 aliphatic heterocycles. The Balaban J connectivity index is 1.61. The Bertz CT molecular complexity index is 1110. The summed E-state index contributed by atoms with van der Waals surface area (Å²) < 4.78 is 15.7. The maximum absolute atomic E-state index is 14.0. The van der Waals surface area contributed by atoms with Gasteiger partial charge in [-0.3, -0.25) is 4.79 Å². The average Bonchev–Trinajstić information content (AvgIpc) is 3.22. The summed E-state index contributed by atoms with van der Waals surface area (Å²) in [5, 5.41) is 7.85. The fourth-order valence-electron chi connectivity index (χ4n) is 3.06. The van der Waals surface area contributed by atoms with Crippen LogP contribution in [-0.2, 0) is 0 Å². The van der Waals surface area contributed by atoms with Gasteiger partial charge in [0.15, 0.2) is 0 Å². The van der Waals surface area contributed by atoms with Gasteiger partial charge in [-0.25, -0.2) is 14.1 Å². The van der Waals surface area contributed by atoms with Gasteiger partial charge in [0.25, 0.3) is 5.91 Å². The van der Waals surface area contributed by atoms with E-state index in [-0.39, 0.29) is 23.2 Å². The van der Waals surface area contributed by atoms with Crippen molar-refractivity contribution in [2.45, 2.75) is 13.0 Å². The van der Waals surface area contributed by atoms with Gasteiger partial charge in [-0.2, -0.15) is 5.10 Å². The van der Waals surface area contributed by atoms with Gasteiger partial charge < -0.3 is 5.32 Å². The van der Waals surface area contributed by atoms with Crippen molar-refractivity contribution in [3.63, 3.8) is 0 Å². The highest BCUT2D eigenvalue weighted by Crippen LogP contribution is 2.22. The Morgan fingerprint density at radius 2 is 1.93 bits per heavy atom. The van der Waals surface area contributed by atoms with Gasteiger partial charge in [-0.1, -0.05) is 36.4 Å². The number of hydrogen-bond donors (Lipinski definition) is 1. The number of para-hydroxylation sites is 2. The van der Waals surface area contributed by atoms with E-state index in [0.717, 1.165) is 11.3 Å². The molecule has 5 nitrogen and oxygen atoms in total. The molecule has 0 spiro atoms. The Labute approximate surface area is 155 Å². The number of pyridine rings is 1. The number of rotatable bonds is 4. The molecular weight excluding hydrogens is 343 g/mol. The van der Waals surface area contributed by atoms with Crippen LogP contribution in [0.25, 0.3) is 16.6 Å². The molecular formula is C21H17FN4O. The molecule has 0 radical (unpaired) electrons. The van der Waals surface area contributed by atoms with Crippen LogP contribution in [0.5, 0.6) is 0 Å². The summed E-state index contributed by atoms with van der Waals surface area (Å²) in [6, 6.07) is 17.3. The second-order valence-electron chi connectivity index (χ2n) is 6.21. The van der Waals surface area contributed by atoms with Crippen LogP contribution in [0, 0.1) is 5.82 Å². The minimum Gasteiger partial charge on any atom is -0.344 e. The maximum atomic E-state index is 14.0. The number of hydrogen-bond acceptors (Lipinski definition) is 3. The first-order chi connectivity index (χ1) is 13.1. The Morgan fingerprint density at radius 1 is 1.07 bits per heavy atom. The van der Waals surface area contributed by atoms with Gasteiger partial charge >= 0.3 is 0 Å². The second-order valence-corrected chi connectivity index (χ2v) is 6.21. The zero-order chi connectivity index (χ0) is 18.8. The molecule has 1 amide bonds. The van der Waals surface area contributed by atoms with E-state index in [2.05, 4.69) is 15.4 Å². The molecule has 0 fully saturated rings. The van der Waals surface area contributed by atoms with Crippen LogP contribution in [0.2, 0.25) is 0 Å². The van der Waals surface area contributed by atoms with E-state index in [4.69, 9.17) is 0 Å². The predicted octanol–water partition coefficient (Wildman–Crippen LogP) is 4.05. The zero-order valence-corrected chi connectivity index (χ0v) is 14.6. The van der Waals surface area contributed by atoms with E-state index in [1.165, 1.54) is 6.07 Å². The topological polar surface area (TPSA) is 59.8 Å². The smallest absolute Gasteiger partial charge is 0.270 e. The summed E-state index contributed by atoms with van der Waals surface area (Å²) in [5.41, 5.74) is 2.17. The molecule has 4 aromatic rings. The molecule has 0 unspecified atom stereocenters. The fraction of sp³-hybridized carbons (Fsp3) is 0.0952. The molecule has 1 atom stereocenters. The molecule has 1 N–H and O–H groups in total. The summed E-state index contributed by atoms with van der Waals surface area (Å²) >= 11 is 0. The molecule has 2 heterocycles. The third kappa shape index (κ3) is 3.29. The molecule has 0 aliphatic rings. The lowest BCUT2D eigenvalue weighted by Gasteiger charge is -2.18. The van der Waals surface area contributed by atoms with Crippen molar-refractivity contribution in [2.24, 2.45) is 0 Å². The number of halogens is 1. The zero-order valence-electron chi connectivity index (χ0n) is 14.6. The van der Waals surface area contributed by atoms with Crippen LogP contribution in [0.15, 0.2) is 73.1 Å². The molecule has 27 heavy (non-hydrogen) atoms. The largest absolute Gasteiger partial charge is 0.344 e. The lowest BCUT2D eigenvalue weighted by molar-refractivity contribution is 0.0935. The summed E-state index contributed by atoms with van der Waals surface area (Å²) in [6.45, 7) is 1.89. The van der Waals surface area contributed by atoms with E-state index >= 15 is 0 Å². The van der Waals surface area contributed by atoms with Crippen molar-refractivity contribution in [3.05, 3.63) is 90.1 Å². The lowest BCUT2D eigenvalue weighted by Crippen LogP contribution is -2.28. The Hall–Kier alpha value is -3.54. The van der Waals surface area contributed by atoms with Crippen LogP contribution in [0.3, 0.4) is 0 Å². The van der Waals surface area contributed by atoms with Crippen molar-refractivity contribution in [2.75, 3.05) is 0 Å². The molecule has 134 valence electrons. The number of aromatic nitrogens is 3. The Kier molecular flexibility index (Phi) is 4.38. The molecule has 2 aromatic heterocycles. The highest BCUT2D eigenvalue weighted by Gasteiger charge is 2.17. The number of benzene rings is 2. The maximum Gasteiger partial charge on any atom is 0.270 e. The first-order valence-electron chi connectivity index (χ1n) is 8.58. The molecule has 4 rings (SSSR count). The van der Waals surface area contributed by atoms with Gasteiger partial charge in [0, 0.05) is 17.8 Å². The van der Waals surface area contributed by atoms with Crippen LogP contribution in [0.1, 0.15) is 29.0 Å². The number of nitrogens with zero attached hydrogens (tertiary/aromatic N) is 3. The third-order valence-electron chi connectivity index (χ3n) is 4.41. The standard InChI is InChI=1S/C21H17FN4O/c1-14(16-7-2-3-9-19(16)26-13-5-12-23-26)24-21(27)18-11-10-15-6-4-8-17(22)20(15)25-18/h2-14H,1H3,(H,24,27)/t14-/m0/s1. The minimum atomic E-state index is -0.445. The van der Waals surface area contributed by atoms with Crippen molar-refractivity contribution >= 4 is 16.8 Å². The van der Waals surface area contributed by atoms with Gasteiger partial charge in [0.05, 0.1) is 11.7 Å². The highest BCUT2D eigenvalue weighted by molar-refractivity contribution is 5.95. The monoisotopic (exact) mass is 360 g/mol. The first-order valence-corrected chi connectivity index (χ1v) is 8.58. The van der Waals surface area contributed by atoms with Gasteiger partial charge in [0.1, 0.15) is 17.0 Å². The van der Waals surface area contributed by atoms with Gasteiger partial charge in [-0.15, -0.1) is 0 Å². The van der Waals surface area contributed by atoms with Crippen LogP contribution in [-0.4, -0.2) is 20.7 Å². The average molecular weight is 360 g/mol. The molecule has 0 saturated carbocycles. The van der Waals surface area contributed by atoms with Gasteiger partial charge in [0.2, 0.25) is 0 Å². The summed E-state index contributed by atoms with van der Waals surface area (Å²) in [4.78, 5) is 16.9. The number of fused-ring (bicyclic) bond motifs is 1. The third-order valence-corrected chi connectivity index (χ3v) is 4.41. The molecule has 0 bridgehead atoms. The quantitative estimate of drug-likeness (QED) is 0.597. The molecule has 0 aliphatic carbocycles. The second kappa shape index (κ2) is 6.99. The van der Waals surface area contributed by atoms with Crippen molar-refractivity contribution in [1.29, 1.82) is 0 Å². The SMILES string of the molecule is C[C@H](NC(=O)c1ccc2cccc(F)c2n1)c1ccccc1-n1cccn1. The first kappa shape index (κ1) is 16.9. The number of amides is 1. The van der Waals surface area contributed by atoms with Crippen molar-refractivity contribution in [3.8, 4) is 5.69 Å². The molecule has 0 saturated heterocycles. The number of carbonyl (C=O) groups excluding carboxylic acids is 1. The van der Waals surface area contributed by atoms with Crippen molar-refractivity contribution < 1.29 is 9.18 Å². The fourth-order valence-corrected chi connectivity index (χ4v) is 3.06. The normalized spacial score (nSPS) is 12.1. The van der Waals surface area contributed by atoms with Crippen LogP contribution < -0.4 is 5.32 Å². The molecule has 2 aromatic carbocycles. The van der Waals surface area contributed by atoms with E-state index in [1.807, 2.05) is 43.5 Å². The predicted molar refractivity (Wildman–Crippen MR) is 101 cm³/mol.